The number of para-hydroxylation sites is 1. The quantitative estimate of drug-likeness (QED) is 0.409. The molecule has 0 radical (unpaired) electrons. The Hall–Kier alpha value is -4.06. The number of hydrazone groups is 1. The molecule has 3 aromatic carbocycles. The van der Waals surface area contributed by atoms with Crippen molar-refractivity contribution >= 4 is 12.1 Å². The minimum atomic E-state index is -0.191. The van der Waals surface area contributed by atoms with Crippen molar-refractivity contribution < 1.29 is 4.79 Å². The van der Waals surface area contributed by atoms with Gasteiger partial charge in [0.2, 0.25) is 5.91 Å². The van der Waals surface area contributed by atoms with Gasteiger partial charge in [-0.25, -0.2) is 5.43 Å². The summed E-state index contributed by atoms with van der Waals surface area (Å²) in [4.78, 5) is 13.7. The maximum atomic E-state index is 12.1. The molecular formula is C23H19N5O. The molecule has 1 heterocycles. The third-order valence-electron chi connectivity index (χ3n) is 4.26. The number of rotatable bonds is 6. The van der Waals surface area contributed by atoms with Crippen LogP contribution in [0.4, 0.5) is 0 Å². The average Bonchev–Trinajstić information content (AvgIpc) is 3.20. The van der Waals surface area contributed by atoms with E-state index in [2.05, 4.69) is 20.7 Å². The van der Waals surface area contributed by atoms with E-state index in [1.54, 1.807) is 4.80 Å². The van der Waals surface area contributed by atoms with Crippen molar-refractivity contribution in [1.29, 1.82) is 0 Å². The van der Waals surface area contributed by atoms with Crippen molar-refractivity contribution in [3.63, 3.8) is 0 Å². The molecule has 1 amide bonds. The summed E-state index contributed by atoms with van der Waals surface area (Å²) in [6.07, 6.45) is 1.79. The Kier molecular flexibility index (Phi) is 5.53. The SMILES string of the molecule is O=C(Cc1ccccc1)NN=Cc1nn(-c2ccccc2)nc1-c1ccccc1. The summed E-state index contributed by atoms with van der Waals surface area (Å²) < 4.78 is 0. The highest BCUT2D eigenvalue weighted by Crippen LogP contribution is 2.20. The second kappa shape index (κ2) is 8.75. The molecule has 0 aliphatic heterocycles. The molecular weight excluding hydrogens is 362 g/mol. The van der Waals surface area contributed by atoms with Gasteiger partial charge in [-0.1, -0.05) is 78.9 Å². The Labute approximate surface area is 168 Å². The van der Waals surface area contributed by atoms with Gasteiger partial charge in [-0.15, -0.1) is 10.2 Å². The maximum Gasteiger partial charge on any atom is 0.244 e. The number of amides is 1. The van der Waals surface area contributed by atoms with E-state index in [0.717, 1.165) is 16.8 Å². The third kappa shape index (κ3) is 4.62. The van der Waals surface area contributed by atoms with E-state index in [1.807, 2.05) is 91.0 Å². The van der Waals surface area contributed by atoms with Crippen molar-refractivity contribution in [2.24, 2.45) is 5.10 Å². The lowest BCUT2D eigenvalue weighted by Gasteiger charge is -2.00. The lowest BCUT2D eigenvalue weighted by Crippen LogP contribution is -2.19. The van der Waals surface area contributed by atoms with Crippen LogP contribution in [0, 0.1) is 0 Å². The monoisotopic (exact) mass is 381 g/mol. The highest BCUT2D eigenvalue weighted by Gasteiger charge is 2.12. The van der Waals surface area contributed by atoms with Gasteiger partial charge in [0.15, 0.2) is 0 Å². The predicted octanol–water partition coefficient (Wildman–Crippen LogP) is 3.63. The van der Waals surface area contributed by atoms with Crippen LogP contribution in [0.15, 0.2) is 96.1 Å². The second-order valence-electron chi connectivity index (χ2n) is 6.38. The Morgan fingerprint density at radius 2 is 1.48 bits per heavy atom. The number of hydrogen-bond acceptors (Lipinski definition) is 4. The molecule has 4 aromatic rings. The molecule has 0 unspecified atom stereocenters. The molecule has 142 valence electrons. The average molecular weight is 381 g/mol. The molecule has 4 rings (SSSR count). The van der Waals surface area contributed by atoms with Crippen LogP contribution in [0.1, 0.15) is 11.3 Å². The van der Waals surface area contributed by atoms with Crippen LogP contribution in [-0.4, -0.2) is 27.1 Å². The van der Waals surface area contributed by atoms with E-state index < -0.39 is 0 Å². The lowest BCUT2D eigenvalue weighted by atomic mass is 10.1. The van der Waals surface area contributed by atoms with Crippen LogP contribution in [0.3, 0.4) is 0 Å². The Balaban J connectivity index is 1.56. The number of hydrogen-bond donors (Lipinski definition) is 1. The minimum Gasteiger partial charge on any atom is -0.273 e. The first-order chi connectivity index (χ1) is 14.3. The van der Waals surface area contributed by atoms with Gasteiger partial charge >= 0.3 is 0 Å². The number of aromatic nitrogens is 3. The van der Waals surface area contributed by atoms with Crippen molar-refractivity contribution in [1.82, 2.24) is 20.4 Å². The van der Waals surface area contributed by atoms with Crippen molar-refractivity contribution in [3.8, 4) is 16.9 Å². The summed E-state index contributed by atoms with van der Waals surface area (Å²) >= 11 is 0. The standard InChI is InChI=1S/C23H19N5O/c29-22(16-18-10-4-1-5-11-18)25-24-17-21-23(19-12-6-2-7-13-19)27-28(26-21)20-14-8-3-9-15-20/h1-15,17H,16H2,(H,25,29). The number of benzene rings is 3. The van der Waals surface area contributed by atoms with E-state index in [0.29, 0.717) is 11.4 Å². The first-order valence-electron chi connectivity index (χ1n) is 9.23. The Morgan fingerprint density at radius 3 is 2.17 bits per heavy atom. The molecule has 0 bridgehead atoms. The smallest absolute Gasteiger partial charge is 0.244 e. The van der Waals surface area contributed by atoms with E-state index >= 15 is 0 Å². The highest BCUT2D eigenvalue weighted by molar-refractivity contribution is 5.87. The molecule has 0 atom stereocenters. The number of nitrogens with one attached hydrogen (secondary N) is 1. The summed E-state index contributed by atoms with van der Waals surface area (Å²) in [5, 5.41) is 13.3. The Morgan fingerprint density at radius 1 is 0.862 bits per heavy atom. The molecule has 0 aliphatic carbocycles. The molecule has 0 spiro atoms. The fraction of sp³-hybridized carbons (Fsp3) is 0.0435. The molecule has 29 heavy (non-hydrogen) atoms. The van der Waals surface area contributed by atoms with Crippen LogP contribution in [0.25, 0.3) is 16.9 Å². The van der Waals surface area contributed by atoms with Crippen molar-refractivity contribution in [3.05, 3.63) is 102 Å². The number of nitrogens with zero attached hydrogens (tertiary/aromatic N) is 4. The molecule has 1 aromatic heterocycles. The van der Waals surface area contributed by atoms with E-state index in [9.17, 15) is 4.79 Å². The molecule has 6 nitrogen and oxygen atoms in total. The van der Waals surface area contributed by atoms with Crippen molar-refractivity contribution in [2.75, 3.05) is 0 Å². The summed E-state index contributed by atoms with van der Waals surface area (Å²) in [6.45, 7) is 0. The fourth-order valence-corrected chi connectivity index (χ4v) is 2.87. The van der Waals surface area contributed by atoms with Crippen LogP contribution in [-0.2, 0) is 11.2 Å². The van der Waals surface area contributed by atoms with Crippen LogP contribution < -0.4 is 5.43 Å². The molecule has 0 saturated carbocycles. The highest BCUT2D eigenvalue weighted by atomic mass is 16.2. The summed E-state index contributed by atoms with van der Waals surface area (Å²) in [5.74, 6) is -0.191. The van der Waals surface area contributed by atoms with Crippen LogP contribution in [0.5, 0.6) is 0 Å². The largest absolute Gasteiger partial charge is 0.273 e. The van der Waals surface area contributed by atoms with Gasteiger partial charge in [0.1, 0.15) is 11.4 Å². The van der Waals surface area contributed by atoms with Crippen LogP contribution in [0.2, 0.25) is 0 Å². The summed E-state index contributed by atoms with van der Waals surface area (Å²) in [7, 11) is 0. The second-order valence-corrected chi connectivity index (χ2v) is 6.38. The fourth-order valence-electron chi connectivity index (χ4n) is 2.87. The zero-order valence-corrected chi connectivity index (χ0v) is 15.6. The molecule has 6 heteroatoms. The first kappa shape index (κ1) is 18.3. The zero-order chi connectivity index (χ0) is 19.9. The summed E-state index contributed by atoms with van der Waals surface area (Å²) in [5.41, 5.74) is 6.52. The lowest BCUT2D eigenvalue weighted by molar-refractivity contribution is -0.120. The van der Waals surface area contributed by atoms with Crippen LogP contribution >= 0.6 is 0 Å². The number of carbonyl (C=O) groups excluding carboxylic acids is 1. The van der Waals surface area contributed by atoms with Gasteiger partial charge in [-0.3, -0.25) is 4.79 Å². The van der Waals surface area contributed by atoms with E-state index in [1.165, 1.54) is 6.21 Å². The van der Waals surface area contributed by atoms with E-state index in [4.69, 9.17) is 0 Å². The molecule has 1 N–H and O–H groups in total. The van der Waals surface area contributed by atoms with Gasteiger partial charge < -0.3 is 0 Å². The van der Waals surface area contributed by atoms with Gasteiger partial charge in [-0.2, -0.15) is 9.90 Å². The van der Waals surface area contributed by atoms with Gasteiger partial charge in [-0.05, 0) is 17.7 Å². The Bertz CT molecular complexity index is 1110. The number of carbonyl (C=O) groups is 1. The summed E-state index contributed by atoms with van der Waals surface area (Å²) in [6, 6.07) is 28.9. The molecule has 0 saturated heterocycles. The van der Waals surface area contributed by atoms with E-state index in [-0.39, 0.29) is 12.3 Å². The van der Waals surface area contributed by atoms with Gasteiger partial charge in [0.05, 0.1) is 18.3 Å². The zero-order valence-electron chi connectivity index (χ0n) is 15.6. The maximum absolute atomic E-state index is 12.1. The first-order valence-corrected chi connectivity index (χ1v) is 9.23. The predicted molar refractivity (Wildman–Crippen MR) is 113 cm³/mol. The molecule has 0 fully saturated rings. The minimum absolute atomic E-state index is 0.191. The van der Waals surface area contributed by atoms with Gasteiger partial charge in [0, 0.05) is 5.56 Å². The normalized spacial score (nSPS) is 10.9. The topological polar surface area (TPSA) is 72.2 Å². The molecule has 0 aliphatic rings. The van der Waals surface area contributed by atoms with Gasteiger partial charge in [0.25, 0.3) is 0 Å². The third-order valence-corrected chi connectivity index (χ3v) is 4.26. The van der Waals surface area contributed by atoms with Crippen molar-refractivity contribution in [2.45, 2.75) is 6.42 Å².